The molecule has 0 spiro atoms. The van der Waals surface area contributed by atoms with Crippen molar-refractivity contribution in [2.24, 2.45) is 0 Å². The second kappa shape index (κ2) is 2.08. The molecule has 0 saturated carbocycles. The van der Waals surface area contributed by atoms with Crippen LogP contribution in [0, 0.1) is 0 Å². The van der Waals surface area contributed by atoms with Crippen molar-refractivity contribution in [2.75, 3.05) is 0 Å². The Morgan fingerprint density at radius 1 is 1.64 bits per heavy atom. The van der Waals surface area contributed by atoms with Crippen LogP contribution in [0.1, 0.15) is 11.3 Å². The quantitative estimate of drug-likeness (QED) is 0.474. The van der Waals surface area contributed by atoms with E-state index in [1.165, 1.54) is 5.56 Å². The van der Waals surface area contributed by atoms with Gasteiger partial charge >= 0.3 is 0 Å². The number of aromatic nitrogens is 2. The Morgan fingerprint density at radius 2 is 2.45 bits per heavy atom. The molecule has 2 heterocycles. The first-order valence-electron chi connectivity index (χ1n) is 3.50. The van der Waals surface area contributed by atoms with E-state index in [-0.39, 0.29) is 0 Å². The Kier molecular flexibility index (Phi) is 1.21. The Bertz CT molecular complexity index is 310. The second-order valence-corrected chi connectivity index (χ2v) is 2.71. The van der Waals surface area contributed by atoms with E-state index in [0.29, 0.717) is 0 Å². The van der Waals surface area contributed by atoms with Gasteiger partial charge in [0, 0.05) is 24.0 Å². The van der Waals surface area contributed by atoms with Gasteiger partial charge in [0.1, 0.15) is 5.69 Å². The van der Waals surface area contributed by atoms with Crippen molar-refractivity contribution in [2.45, 2.75) is 6.54 Å². The van der Waals surface area contributed by atoms with Gasteiger partial charge in [-0.15, -0.1) is 5.10 Å². The molecule has 3 nitrogen and oxygen atoms in total. The van der Waals surface area contributed by atoms with Crippen LogP contribution in [0.4, 0.5) is 0 Å². The van der Waals surface area contributed by atoms with Crippen LogP contribution in [0.25, 0.3) is 5.70 Å². The van der Waals surface area contributed by atoms with Crippen LogP contribution in [0.15, 0.2) is 18.8 Å². The SMILES string of the molecule is BN1Cc2ccnnc2C1=C. The molecule has 1 aromatic rings. The molecule has 0 saturated heterocycles. The van der Waals surface area contributed by atoms with E-state index < -0.39 is 0 Å². The molecule has 2 rings (SSSR count). The average molecular weight is 145 g/mol. The van der Waals surface area contributed by atoms with Crippen LogP contribution in [-0.2, 0) is 6.54 Å². The molecule has 0 radical (unpaired) electrons. The first-order valence-corrected chi connectivity index (χ1v) is 3.50. The highest BCUT2D eigenvalue weighted by molar-refractivity contribution is 6.10. The molecule has 54 valence electrons. The number of hydrogen-bond acceptors (Lipinski definition) is 3. The molecule has 1 aliphatic rings. The van der Waals surface area contributed by atoms with Crippen molar-refractivity contribution in [3.63, 3.8) is 0 Å². The van der Waals surface area contributed by atoms with Gasteiger partial charge in [-0.2, -0.15) is 5.10 Å². The van der Waals surface area contributed by atoms with Gasteiger partial charge in [0.15, 0.2) is 0 Å². The van der Waals surface area contributed by atoms with Gasteiger partial charge in [-0.25, -0.2) is 0 Å². The maximum absolute atomic E-state index is 4.00. The highest BCUT2D eigenvalue weighted by Gasteiger charge is 2.19. The predicted molar refractivity (Wildman–Crippen MR) is 45.2 cm³/mol. The molecular weight excluding hydrogens is 137 g/mol. The van der Waals surface area contributed by atoms with E-state index in [4.69, 9.17) is 0 Å². The summed E-state index contributed by atoms with van der Waals surface area (Å²) in [6.07, 6.45) is 1.71. The largest absolute Gasteiger partial charge is 0.417 e. The van der Waals surface area contributed by atoms with Gasteiger partial charge in [0.25, 0.3) is 0 Å². The molecule has 1 aliphatic heterocycles. The van der Waals surface area contributed by atoms with Gasteiger partial charge in [-0.05, 0) is 6.07 Å². The molecular formula is C7H8BN3. The van der Waals surface area contributed by atoms with Gasteiger partial charge in [-0.1, -0.05) is 6.58 Å². The van der Waals surface area contributed by atoms with E-state index in [9.17, 15) is 0 Å². The monoisotopic (exact) mass is 145 g/mol. The molecule has 0 bridgehead atoms. The topological polar surface area (TPSA) is 29.0 Å². The zero-order chi connectivity index (χ0) is 7.84. The fourth-order valence-corrected chi connectivity index (χ4v) is 1.26. The molecule has 0 aliphatic carbocycles. The van der Waals surface area contributed by atoms with Crippen molar-refractivity contribution in [3.05, 3.63) is 30.1 Å². The zero-order valence-corrected chi connectivity index (χ0v) is 6.41. The van der Waals surface area contributed by atoms with Crippen molar-refractivity contribution in [1.82, 2.24) is 15.0 Å². The second-order valence-electron chi connectivity index (χ2n) is 2.71. The molecule has 0 unspecified atom stereocenters. The predicted octanol–water partition coefficient (Wildman–Crippen LogP) is -0.189. The summed E-state index contributed by atoms with van der Waals surface area (Å²) < 4.78 is 0. The third-order valence-corrected chi connectivity index (χ3v) is 1.95. The molecule has 0 N–H and O–H groups in total. The minimum atomic E-state index is 0.906. The average Bonchev–Trinajstić information content (AvgIpc) is 2.30. The van der Waals surface area contributed by atoms with Crippen LogP contribution in [-0.4, -0.2) is 23.0 Å². The van der Waals surface area contributed by atoms with Gasteiger partial charge in [0.2, 0.25) is 7.98 Å². The van der Waals surface area contributed by atoms with Gasteiger partial charge in [-0.3, -0.25) is 0 Å². The van der Waals surface area contributed by atoms with E-state index in [2.05, 4.69) is 21.6 Å². The van der Waals surface area contributed by atoms with Crippen molar-refractivity contribution in [3.8, 4) is 0 Å². The van der Waals surface area contributed by atoms with Crippen LogP contribution in [0.5, 0.6) is 0 Å². The summed E-state index contributed by atoms with van der Waals surface area (Å²) in [5.41, 5.74) is 3.12. The highest BCUT2D eigenvalue weighted by Crippen LogP contribution is 2.25. The maximum atomic E-state index is 4.00. The molecule has 0 aromatic carbocycles. The lowest BCUT2D eigenvalue weighted by Crippen LogP contribution is -2.08. The Balaban J connectivity index is 2.55. The molecule has 4 heteroatoms. The standard InChI is InChI=1S/C7H8BN3/c1-5-7-6(4-11(5)8)2-3-9-10-7/h2-3H,1,4,8H2. The fraction of sp³-hybridized carbons (Fsp3) is 0.143. The van der Waals surface area contributed by atoms with Gasteiger partial charge in [0.05, 0.1) is 0 Å². The molecule has 0 amide bonds. The van der Waals surface area contributed by atoms with Crippen molar-refractivity contribution >= 4 is 13.7 Å². The Labute approximate surface area is 66.2 Å². The fourth-order valence-electron chi connectivity index (χ4n) is 1.26. The Hall–Kier alpha value is -1.32. The first kappa shape index (κ1) is 6.40. The summed E-state index contributed by atoms with van der Waals surface area (Å²) in [4.78, 5) is 2.07. The summed E-state index contributed by atoms with van der Waals surface area (Å²) in [5, 5.41) is 7.80. The summed E-state index contributed by atoms with van der Waals surface area (Å²) in [6.45, 7) is 4.81. The van der Waals surface area contributed by atoms with Crippen LogP contribution >= 0.6 is 0 Å². The summed E-state index contributed by atoms with van der Waals surface area (Å²) in [5.74, 6) is 0. The normalized spacial score (nSPS) is 15.3. The summed E-state index contributed by atoms with van der Waals surface area (Å²) in [7, 11) is 2.00. The number of fused-ring (bicyclic) bond motifs is 1. The number of nitrogens with zero attached hydrogens (tertiary/aromatic N) is 3. The molecule has 0 atom stereocenters. The lowest BCUT2D eigenvalue weighted by Gasteiger charge is -2.09. The van der Waals surface area contributed by atoms with E-state index in [0.717, 1.165) is 17.9 Å². The Morgan fingerprint density at radius 3 is 3.18 bits per heavy atom. The van der Waals surface area contributed by atoms with E-state index in [1.807, 2.05) is 14.0 Å². The van der Waals surface area contributed by atoms with E-state index in [1.54, 1.807) is 6.20 Å². The number of hydrogen-bond donors (Lipinski definition) is 0. The third-order valence-electron chi connectivity index (χ3n) is 1.95. The van der Waals surface area contributed by atoms with E-state index >= 15 is 0 Å². The lowest BCUT2D eigenvalue weighted by molar-refractivity contribution is 0.659. The van der Waals surface area contributed by atoms with Crippen LogP contribution in [0.3, 0.4) is 0 Å². The zero-order valence-electron chi connectivity index (χ0n) is 6.41. The maximum Gasteiger partial charge on any atom is 0.218 e. The molecule has 11 heavy (non-hydrogen) atoms. The summed E-state index contributed by atoms with van der Waals surface area (Å²) >= 11 is 0. The smallest absolute Gasteiger partial charge is 0.218 e. The molecule has 0 fully saturated rings. The first-order chi connectivity index (χ1) is 5.29. The highest BCUT2D eigenvalue weighted by atomic mass is 15.2. The van der Waals surface area contributed by atoms with Gasteiger partial charge < -0.3 is 4.81 Å². The lowest BCUT2D eigenvalue weighted by atomic mass is 10.2. The third kappa shape index (κ3) is 0.825. The number of rotatable bonds is 0. The van der Waals surface area contributed by atoms with Crippen molar-refractivity contribution < 1.29 is 0 Å². The van der Waals surface area contributed by atoms with Crippen molar-refractivity contribution in [1.29, 1.82) is 0 Å². The van der Waals surface area contributed by atoms with Crippen LogP contribution in [0.2, 0.25) is 0 Å². The summed E-state index contributed by atoms with van der Waals surface area (Å²) in [6, 6.07) is 1.98. The minimum absolute atomic E-state index is 0.906. The minimum Gasteiger partial charge on any atom is -0.417 e. The molecule has 1 aromatic heterocycles. The van der Waals surface area contributed by atoms with Crippen LogP contribution < -0.4 is 0 Å².